The van der Waals surface area contributed by atoms with Gasteiger partial charge >= 0.3 is 0 Å². The number of hydrogen-bond acceptors (Lipinski definition) is 4. The molecule has 0 aliphatic rings. The number of thiazole rings is 1. The lowest BCUT2D eigenvalue weighted by Crippen LogP contribution is -2.30. The van der Waals surface area contributed by atoms with Gasteiger partial charge in [0.25, 0.3) is 0 Å². The third-order valence-electron chi connectivity index (χ3n) is 2.10. The zero-order chi connectivity index (χ0) is 12.7. The first kappa shape index (κ1) is 13.6. The van der Waals surface area contributed by atoms with Gasteiger partial charge < -0.3 is 10.6 Å². The average molecular weight is 255 g/mol. The topological polar surface area (TPSA) is 71.1 Å². The van der Waals surface area contributed by atoms with Crippen LogP contribution >= 0.6 is 11.3 Å². The van der Waals surface area contributed by atoms with Gasteiger partial charge in [-0.2, -0.15) is 0 Å². The minimum absolute atomic E-state index is 0.0503. The maximum Gasteiger partial charge on any atom is 0.221 e. The normalized spacial score (nSPS) is 10.0. The maximum absolute atomic E-state index is 11.3. The Morgan fingerprint density at radius 1 is 1.35 bits per heavy atom. The van der Waals surface area contributed by atoms with Gasteiger partial charge in [-0.15, -0.1) is 11.3 Å². The largest absolute Gasteiger partial charge is 0.356 e. The van der Waals surface area contributed by atoms with Crippen LogP contribution in [0.4, 0.5) is 0 Å². The molecule has 6 heteroatoms. The number of carbonyl (C=O) groups is 2. The molecule has 0 saturated heterocycles. The molecular formula is C11H17N3O2S. The van der Waals surface area contributed by atoms with Crippen LogP contribution in [0.15, 0.2) is 5.38 Å². The molecule has 0 bridgehead atoms. The second-order valence-corrected chi connectivity index (χ2v) is 4.75. The number of amides is 2. The number of rotatable bonds is 6. The van der Waals surface area contributed by atoms with Gasteiger partial charge in [0.2, 0.25) is 11.8 Å². The van der Waals surface area contributed by atoms with Gasteiger partial charge in [-0.1, -0.05) is 0 Å². The summed E-state index contributed by atoms with van der Waals surface area (Å²) in [5, 5.41) is 8.40. The molecule has 0 unspecified atom stereocenters. The van der Waals surface area contributed by atoms with Crippen LogP contribution < -0.4 is 10.6 Å². The van der Waals surface area contributed by atoms with Crippen molar-refractivity contribution in [3.8, 4) is 0 Å². The predicted octanol–water partition coefficient (Wildman–Crippen LogP) is 0.636. The maximum atomic E-state index is 11.3. The Kier molecular flexibility index (Phi) is 5.62. The quantitative estimate of drug-likeness (QED) is 0.783. The van der Waals surface area contributed by atoms with E-state index in [-0.39, 0.29) is 11.8 Å². The molecule has 5 nitrogen and oxygen atoms in total. The zero-order valence-corrected chi connectivity index (χ0v) is 10.9. The van der Waals surface area contributed by atoms with Crippen molar-refractivity contribution >= 4 is 23.2 Å². The molecule has 0 aliphatic carbocycles. The van der Waals surface area contributed by atoms with E-state index in [4.69, 9.17) is 0 Å². The summed E-state index contributed by atoms with van der Waals surface area (Å²) in [4.78, 5) is 26.2. The van der Waals surface area contributed by atoms with Crippen LogP contribution in [-0.2, 0) is 16.0 Å². The number of nitrogens with zero attached hydrogens (tertiary/aromatic N) is 1. The van der Waals surface area contributed by atoms with E-state index < -0.39 is 0 Å². The second kappa shape index (κ2) is 7.01. The molecule has 0 fully saturated rings. The third kappa shape index (κ3) is 6.01. The lowest BCUT2D eigenvalue weighted by atomic mass is 10.3. The van der Waals surface area contributed by atoms with Crippen LogP contribution in [0.3, 0.4) is 0 Å². The smallest absolute Gasteiger partial charge is 0.221 e. The molecule has 17 heavy (non-hydrogen) atoms. The fourth-order valence-corrected chi connectivity index (χ4v) is 1.94. The van der Waals surface area contributed by atoms with Gasteiger partial charge in [-0.3, -0.25) is 9.59 Å². The third-order valence-corrected chi connectivity index (χ3v) is 2.92. The molecule has 1 heterocycles. The van der Waals surface area contributed by atoms with Gasteiger partial charge in [-0.05, 0) is 6.92 Å². The summed E-state index contributed by atoms with van der Waals surface area (Å²) >= 11 is 1.61. The number of carbonyl (C=O) groups excluding carboxylic acids is 2. The van der Waals surface area contributed by atoms with Gasteiger partial charge in [0.1, 0.15) is 0 Å². The number of hydrogen-bond donors (Lipinski definition) is 2. The summed E-state index contributed by atoms with van der Waals surface area (Å²) in [5.74, 6) is -0.165. The monoisotopic (exact) mass is 255 g/mol. The molecule has 0 aromatic carbocycles. The molecule has 1 aromatic rings. The Morgan fingerprint density at radius 2 is 2.12 bits per heavy atom. The van der Waals surface area contributed by atoms with Crippen molar-refractivity contribution in [1.82, 2.24) is 15.6 Å². The van der Waals surface area contributed by atoms with Crippen molar-refractivity contribution in [2.45, 2.75) is 26.7 Å². The van der Waals surface area contributed by atoms with Gasteiger partial charge in [0.15, 0.2) is 0 Å². The predicted molar refractivity (Wildman–Crippen MR) is 66.9 cm³/mol. The van der Waals surface area contributed by atoms with Gasteiger partial charge in [0, 0.05) is 38.2 Å². The fraction of sp³-hybridized carbons (Fsp3) is 0.545. The molecule has 2 amide bonds. The zero-order valence-electron chi connectivity index (χ0n) is 10.1. The first-order valence-electron chi connectivity index (χ1n) is 5.50. The van der Waals surface area contributed by atoms with Crippen molar-refractivity contribution < 1.29 is 9.59 Å². The summed E-state index contributed by atoms with van der Waals surface area (Å²) in [6.45, 7) is 4.36. The second-order valence-electron chi connectivity index (χ2n) is 3.69. The van der Waals surface area contributed by atoms with E-state index in [1.54, 1.807) is 11.3 Å². The molecule has 94 valence electrons. The van der Waals surface area contributed by atoms with E-state index in [1.807, 2.05) is 12.3 Å². The van der Waals surface area contributed by atoms with Crippen LogP contribution in [0, 0.1) is 6.92 Å². The molecule has 1 aromatic heterocycles. The Hall–Kier alpha value is -1.43. The van der Waals surface area contributed by atoms with Gasteiger partial charge in [-0.25, -0.2) is 4.98 Å². The van der Waals surface area contributed by atoms with Crippen molar-refractivity contribution in [2.75, 3.05) is 13.1 Å². The van der Waals surface area contributed by atoms with Crippen molar-refractivity contribution in [1.29, 1.82) is 0 Å². The van der Waals surface area contributed by atoms with Crippen LogP contribution in [0.1, 0.15) is 24.0 Å². The highest BCUT2D eigenvalue weighted by Crippen LogP contribution is 2.07. The van der Waals surface area contributed by atoms with Gasteiger partial charge in [0.05, 0.1) is 10.7 Å². The summed E-state index contributed by atoms with van der Waals surface area (Å²) in [5.41, 5.74) is 1.01. The molecule has 0 spiro atoms. The minimum atomic E-state index is -0.115. The van der Waals surface area contributed by atoms with Crippen LogP contribution in [0.2, 0.25) is 0 Å². The fourth-order valence-electron chi connectivity index (χ4n) is 1.29. The van der Waals surface area contributed by atoms with E-state index in [1.165, 1.54) is 6.92 Å². The van der Waals surface area contributed by atoms with Crippen LogP contribution in [0.25, 0.3) is 0 Å². The molecule has 1 rings (SSSR count). The first-order valence-corrected chi connectivity index (χ1v) is 6.38. The molecule has 0 aliphatic heterocycles. The van der Waals surface area contributed by atoms with Crippen molar-refractivity contribution in [3.05, 3.63) is 16.1 Å². The summed E-state index contributed by atoms with van der Waals surface area (Å²) < 4.78 is 0. The summed E-state index contributed by atoms with van der Waals surface area (Å²) in [6, 6.07) is 0. The Morgan fingerprint density at radius 3 is 2.71 bits per heavy atom. The number of aryl methyl sites for hydroxylation is 1. The lowest BCUT2D eigenvalue weighted by Gasteiger charge is -2.04. The summed E-state index contributed by atoms with van der Waals surface area (Å²) in [6.07, 6.45) is 1.06. The summed E-state index contributed by atoms with van der Waals surface area (Å²) in [7, 11) is 0. The molecule has 0 saturated carbocycles. The van der Waals surface area contributed by atoms with E-state index in [0.29, 0.717) is 19.5 Å². The highest BCUT2D eigenvalue weighted by molar-refractivity contribution is 7.09. The van der Waals surface area contributed by atoms with E-state index in [0.717, 1.165) is 17.1 Å². The number of nitrogens with one attached hydrogen (secondary N) is 2. The number of aromatic nitrogens is 1. The van der Waals surface area contributed by atoms with Crippen molar-refractivity contribution in [2.24, 2.45) is 0 Å². The SMILES string of the molecule is CC(=O)NCCC(=O)NCCc1csc(C)n1. The Balaban J connectivity index is 2.10. The van der Waals surface area contributed by atoms with E-state index >= 15 is 0 Å². The molecule has 0 radical (unpaired) electrons. The van der Waals surface area contributed by atoms with E-state index in [9.17, 15) is 9.59 Å². The first-order chi connectivity index (χ1) is 8.08. The Bertz CT molecular complexity index is 390. The molecule has 0 atom stereocenters. The van der Waals surface area contributed by atoms with Crippen LogP contribution in [-0.4, -0.2) is 29.9 Å². The Labute approximate surface area is 105 Å². The van der Waals surface area contributed by atoms with E-state index in [2.05, 4.69) is 15.6 Å². The lowest BCUT2D eigenvalue weighted by molar-refractivity contribution is -0.121. The molecule has 2 N–H and O–H groups in total. The van der Waals surface area contributed by atoms with Crippen molar-refractivity contribution in [3.63, 3.8) is 0 Å². The standard InChI is InChI=1S/C11H17N3O2S/c1-8(15)12-6-4-11(16)13-5-3-10-7-17-9(2)14-10/h7H,3-6H2,1-2H3,(H,12,15)(H,13,16). The highest BCUT2D eigenvalue weighted by Gasteiger charge is 2.02. The van der Waals surface area contributed by atoms with Crippen LogP contribution in [0.5, 0.6) is 0 Å². The average Bonchev–Trinajstić information content (AvgIpc) is 2.63. The molecular weight excluding hydrogens is 238 g/mol. The minimum Gasteiger partial charge on any atom is -0.356 e. The highest BCUT2D eigenvalue weighted by atomic mass is 32.1.